The first-order chi connectivity index (χ1) is 28.7. The van der Waals surface area contributed by atoms with Crippen LogP contribution >= 0.6 is 0 Å². The number of anilines is 2. The van der Waals surface area contributed by atoms with Gasteiger partial charge < -0.3 is 29.3 Å². The molecule has 2 atom stereocenters. The summed E-state index contributed by atoms with van der Waals surface area (Å²) in [7, 11) is 0. The van der Waals surface area contributed by atoms with Crippen molar-refractivity contribution in [2.45, 2.75) is 64.3 Å². The average Bonchev–Trinajstić information content (AvgIpc) is 4.05. The molecule has 14 heteroatoms. The molecule has 2 saturated heterocycles. The van der Waals surface area contributed by atoms with Crippen LogP contribution in [0, 0.1) is 0 Å². The molecule has 4 amide bonds. The highest BCUT2D eigenvalue weighted by atomic mass is 16.6. The Hall–Kier alpha value is -6.96. The molecular weight excluding hydrogens is 755 g/mol. The lowest BCUT2D eigenvalue weighted by atomic mass is 10.0. The summed E-state index contributed by atoms with van der Waals surface area (Å²) in [4.78, 5) is 72.5. The van der Waals surface area contributed by atoms with Gasteiger partial charge in [0.25, 0.3) is 0 Å². The largest absolute Gasteiger partial charge is 0.466 e. The number of amides is 4. The molecule has 304 valence electrons. The zero-order valence-corrected chi connectivity index (χ0v) is 32.6. The average molecular weight is 800 g/mol. The number of nitrogens with one attached hydrogen (secondary N) is 2. The van der Waals surface area contributed by atoms with Crippen LogP contribution in [0.2, 0.25) is 0 Å². The summed E-state index contributed by atoms with van der Waals surface area (Å²) in [6, 6.07) is 31.4. The summed E-state index contributed by atoms with van der Waals surface area (Å²) in [6.45, 7) is 3.01. The molecule has 7 rings (SSSR count). The van der Waals surface area contributed by atoms with Crippen molar-refractivity contribution in [2.24, 2.45) is 0 Å². The van der Waals surface area contributed by atoms with Gasteiger partial charge in [0.2, 0.25) is 17.7 Å². The molecular formula is C45H45N5O9. The molecule has 0 aliphatic carbocycles. The van der Waals surface area contributed by atoms with E-state index in [2.05, 4.69) is 15.6 Å². The van der Waals surface area contributed by atoms with Crippen LogP contribution in [-0.2, 0) is 48.2 Å². The van der Waals surface area contributed by atoms with Gasteiger partial charge in [0.15, 0.2) is 5.76 Å². The van der Waals surface area contributed by atoms with Crippen LogP contribution in [0.1, 0.15) is 49.6 Å². The number of hydrogen-bond donors (Lipinski definition) is 2. The third kappa shape index (κ3) is 10.1. The number of esters is 1. The number of nitrogens with zero attached hydrogens (tertiary/aromatic N) is 3. The van der Waals surface area contributed by atoms with Gasteiger partial charge in [-0.1, -0.05) is 72.8 Å². The van der Waals surface area contributed by atoms with Crippen LogP contribution in [0.4, 0.5) is 21.0 Å². The second-order valence-electron chi connectivity index (χ2n) is 14.2. The number of hydrogen-bond acceptors (Lipinski definition) is 10. The fraction of sp³-hybridized carbons (Fsp3) is 0.289. The van der Waals surface area contributed by atoms with Crippen molar-refractivity contribution in [3.05, 3.63) is 126 Å². The molecule has 4 aromatic carbocycles. The lowest BCUT2D eigenvalue weighted by Crippen LogP contribution is -2.43. The number of ether oxygens (including phenoxy) is 3. The molecule has 0 bridgehead atoms. The Balaban J connectivity index is 1.01. The normalized spacial score (nSPS) is 16.0. The van der Waals surface area contributed by atoms with Gasteiger partial charge in [-0.05, 0) is 80.1 Å². The Morgan fingerprint density at radius 3 is 1.59 bits per heavy atom. The second kappa shape index (κ2) is 19.0. The fourth-order valence-corrected chi connectivity index (χ4v) is 7.15. The van der Waals surface area contributed by atoms with E-state index < -0.39 is 30.2 Å². The number of rotatable bonds is 13. The highest BCUT2D eigenvalue weighted by Crippen LogP contribution is 2.35. The van der Waals surface area contributed by atoms with E-state index in [0.717, 1.165) is 11.1 Å². The van der Waals surface area contributed by atoms with E-state index >= 15 is 0 Å². The van der Waals surface area contributed by atoms with Gasteiger partial charge in [-0.15, -0.1) is 0 Å². The third-order valence-corrected chi connectivity index (χ3v) is 10.1. The van der Waals surface area contributed by atoms with Gasteiger partial charge in [-0.25, -0.2) is 14.6 Å². The molecule has 14 nitrogen and oxygen atoms in total. The lowest BCUT2D eigenvalue weighted by Gasteiger charge is -2.23. The minimum atomic E-state index is -0.671. The quantitative estimate of drug-likeness (QED) is 0.0894. The van der Waals surface area contributed by atoms with Crippen molar-refractivity contribution in [2.75, 3.05) is 30.3 Å². The Morgan fingerprint density at radius 2 is 1.12 bits per heavy atom. The minimum Gasteiger partial charge on any atom is -0.466 e. The lowest BCUT2D eigenvalue weighted by molar-refractivity contribution is -0.142. The monoisotopic (exact) mass is 799 g/mol. The first kappa shape index (κ1) is 40.2. The molecule has 0 unspecified atom stereocenters. The van der Waals surface area contributed by atoms with Crippen LogP contribution in [0.3, 0.4) is 0 Å². The number of carbonyl (C=O) groups is 5. The maximum atomic E-state index is 13.4. The van der Waals surface area contributed by atoms with Crippen LogP contribution in [0.15, 0.2) is 114 Å². The van der Waals surface area contributed by atoms with Gasteiger partial charge in [-0.3, -0.25) is 24.2 Å². The van der Waals surface area contributed by atoms with E-state index in [1.165, 1.54) is 9.80 Å². The molecule has 0 spiro atoms. The zero-order valence-electron chi connectivity index (χ0n) is 32.6. The molecule has 2 aliphatic heterocycles. The zero-order chi connectivity index (χ0) is 41.1. The smallest absolute Gasteiger partial charge is 0.410 e. The second-order valence-corrected chi connectivity index (χ2v) is 14.2. The summed E-state index contributed by atoms with van der Waals surface area (Å²) in [6.07, 6.45) is 1.14. The van der Waals surface area contributed by atoms with Gasteiger partial charge in [0.1, 0.15) is 37.4 Å². The number of oxazole rings is 1. The standard InChI is InChI=1S/C45H45N5O9/c1-2-56-39(51)27-38-48-40(32-17-21-34(22-18-32)46-42(52)36-15-9-25-49(36)44(54)57-28-30-11-5-3-6-12-30)41(59-38)33-19-23-35(24-20-33)47-43(53)37-16-10-26-50(37)45(55)58-29-31-13-7-4-8-14-31/h3-8,11-14,17-24,36-37H,2,9-10,15-16,25-29H2,1H3,(H,46,52)(H,47,53)/t36-,37-/m0/s1. The molecule has 2 N–H and O–H groups in total. The summed E-state index contributed by atoms with van der Waals surface area (Å²) in [5, 5.41) is 5.84. The van der Waals surface area contributed by atoms with E-state index in [0.29, 0.717) is 72.7 Å². The molecule has 0 saturated carbocycles. The molecule has 2 aliphatic rings. The maximum absolute atomic E-state index is 13.4. The predicted molar refractivity (Wildman–Crippen MR) is 218 cm³/mol. The Morgan fingerprint density at radius 1 is 0.644 bits per heavy atom. The topological polar surface area (TPSA) is 170 Å². The van der Waals surface area contributed by atoms with Crippen molar-refractivity contribution in [3.8, 4) is 22.6 Å². The number of benzene rings is 4. The van der Waals surface area contributed by atoms with E-state index in [4.69, 9.17) is 18.6 Å². The molecule has 0 radical (unpaired) electrons. The van der Waals surface area contributed by atoms with E-state index in [-0.39, 0.29) is 43.9 Å². The summed E-state index contributed by atoms with van der Waals surface area (Å²) >= 11 is 0. The number of aromatic nitrogens is 1. The molecule has 2 fully saturated rings. The third-order valence-electron chi connectivity index (χ3n) is 10.1. The Bertz CT molecular complexity index is 2100. The predicted octanol–water partition coefficient (Wildman–Crippen LogP) is 7.59. The molecule has 5 aromatic rings. The van der Waals surface area contributed by atoms with Crippen LogP contribution < -0.4 is 10.6 Å². The number of likely N-dealkylation sites (tertiary alicyclic amines) is 2. The van der Waals surface area contributed by atoms with E-state index in [9.17, 15) is 24.0 Å². The molecule has 3 heterocycles. The first-order valence-corrected chi connectivity index (χ1v) is 19.7. The van der Waals surface area contributed by atoms with Crippen molar-refractivity contribution in [3.63, 3.8) is 0 Å². The van der Waals surface area contributed by atoms with E-state index in [1.807, 2.05) is 60.7 Å². The van der Waals surface area contributed by atoms with Gasteiger partial charge in [0.05, 0.1) is 6.61 Å². The highest BCUT2D eigenvalue weighted by molar-refractivity contribution is 5.98. The summed E-state index contributed by atoms with van der Waals surface area (Å²) in [5.74, 6) is -0.582. The minimum absolute atomic E-state index is 0.118. The number of carbonyl (C=O) groups excluding carboxylic acids is 5. The van der Waals surface area contributed by atoms with Gasteiger partial charge in [-0.2, -0.15) is 0 Å². The summed E-state index contributed by atoms with van der Waals surface area (Å²) < 4.78 is 22.3. The van der Waals surface area contributed by atoms with Crippen molar-refractivity contribution in [1.29, 1.82) is 0 Å². The van der Waals surface area contributed by atoms with Crippen molar-refractivity contribution in [1.82, 2.24) is 14.8 Å². The molecule has 59 heavy (non-hydrogen) atoms. The van der Waals surface area contributed by atoms with Crippen molar-refractivity contribution >= 4 is 41.3 Å². The molecule has 1 aromatic heterocycles. The van der Waals surface area contributed by atoms with E-state index in [1.54, 1.807) is 55.5 Å². The summed E-state index contributed by atoms with van der Waals surface area (Å²) in [5.41, 5.74) is 4.49. The van der Waals surface area contributed by atoms with Gasteiger partial charge >= 0.3 is 18.2 Å². The Kier molecular flexibility index (Phi) is 13.0. The fourth-order valence-electron chi connectivity index (χ4n) is 7.15. The SMILES string of the molecule is CCOC(=O)Cc1nc(-c2ccc(NC(=O)[C@@H]3CCCN3C(=O)OCc3ccccc3)cc2)c(-c2ccc(NC(=O)[C@@H]3CCCN3C(=O)OCc3ccccc3)cc2)o1. The van der Waals surface area contributed by atoms with Crippen LogP contribution in [-0.4, -0.2) is 76.5 Å². The van der Waals surface area contributed by atoms with Crippen molar-refractivity contribution < 1.29 is 42.6 Å². The first-order valence-electron chi connectivity index (χ1n) is 19.7. The highest BCUT2D eigenvalue weighted by Gasteiger charge is 2.36. The van der Waals surface area contributed by atoms with Crippen LogP contribution in [0.25, 0.3) is 22.6 Å². The van der Waals surface area contributed by atoms with Crippen LogP contribution in [0.5, 0.6) is 0 Å². The van der Waals surface area contributed by atoms with Gasteiger partial charge in [0, 0.05) is 35.6 Å². The maximum Gasteiger partial charge on any atom is 0.410 e. The Labute approximate surface area is 341 Å².